The van der Waals surface area contributed by atoms with Crippen LogP contribution in [0, 0.1) is 28.7 Å². The standard InChI is InChI=1S/C24H22IN3O/c1-14-6-7-15(2)18(12-14)22-19(13-26)24(27)28(17-10-8-16(25)9-11-17)20-4-3-5-21(29)23(20)22/h6-12,22H,3-5,27H2,1-2H3. The van der Waals surface area contributed by atoms with E-state index in [-0.39, 0.29) is 5.78 Å². The normalized spacial score (nSPS) is 19.3. The molecule has 0 spiro atoms. The molecule has 5 heteroatoms. The largest absolute Gasteiger partial charge is 0.384 e. The number of allylic oxidation sites excluding steroid dienone is 3. The van der Waals surface area contributed by atoms with Gasteiger partial charge in [0, 0.05) is 26.9 Å². The van der Waals surface area contributed by atoms with Gasteiger partial charge in [-0.05, 0) is 84.7 Å². The van der Waals surface area contributed by atoms with Crippen molar-refractivity contribution in [2.75, 3.05) is 4.90 Å². The fourth-order valence-electron chi connectivity index (χ4n) is 4.35. The van der Waals surface area contributed by atoms with E-state index in [9.17, 15) is 10.1 Å². The van der Waals surface area contributed by atoms with Crippen LogP contribution in [0.1, 0.15) is 41.9 Å². The molecule has 2 aliphatic rings. The van der Waals surface area contributed by atoms with Crippen molar-refractivity contribution in [3.63, 3.8) is 0 Å². The van der Waals surface area contributed by atoms with Gasteiger partial charge in [-0.1, -0.05) is 23.8 Å². The summed E-state index contributed by atoms with van der Waals surface area (Å²) >= 11 is 2.26. The van der Waals surface area contributed by atoms with E-state index < -0.39 is 5.92 Å². The molecular weight excluding hydrogens is 473 g/mol. The quantitative estimate of drug-likeness (QED) is 0.581. The van der Waals surface area contributed by atoms with Gasteiger partial charge in [-0.15, -0.1) is 0 Å². The van der Waals surface area contributed by atoms with Gasteiger partial charge in [0.2, 0.25) is 0 Å². The van der Waals surface area contributed by atoms with Gasteiger partial charge in [0.05, 0.1) is 17.6 Å². The lowest BCUT2D eigenvalue weighted by Gasteiger charge is -2.40. The predicted octanol–water partition coefficient (Wildman–Crippen LogP) is 5.21. The molecule has 2 N–H and O–H groups in total. The molecule has 4 nitrogen and oxygen atoms in total. The van der Waals surface area contributed by atoms with Crippen molar-refractivity contribution < 1.29 is 4.79 Å². The molecule has 0 fully saturated rings. The van der Waals surface area contributed by atoms with E-state index in [0.717, 1.165) is 50.1 Å². The molecule has 2 aromatic carbocycles. The number of carbonyl (C=O) groups is 1. The molecule has 29 heavy (non-hydrogen) atoms. The number of aryl methyl sites for hydroxylation is 2. The topological polar surface area (TPSA) is 70.1 Å². The smallest absolute Gasteiger partial charge is 0.161 e. The number of nitrogens with zero attached hydrogens (tertiary/aromatic N) is 2. The lowest BCUT2D eigenvalue weighted by atomic mass is 9.74. The molecular formula is C24H22IN3O. The maximum absolute atomic E-state index is 13.1. The Hall–Kier alpha value is -2.59. The van der Waals surface area contributed by atoms with Crippen LogP contribution in [-0.2, 0) is 4.79 Å². The fourth-order valence-corrected chi connectivity index (χ4v) is 4.71. The van der Waals surface area contributed by atoms with Crippen LogP contribution >= 0.6 is 22.6 Å². The van der Waals surface area contributed by atoms with Gasteiger partial charge in [0.15, 0.2) is 5.78 Å². The Morgan fingerprint density at radius 3 is 2.55 bits per heavy atom. The third kappa shape index (κ3) is 3.36. The van der Waals surface area contributed by atoms with Crippen molar-refractivity contribution in [1.29, 1.82) is 5.26 Å². The van der Waals surface area contributed by atoms with Crippen LogP contribution in [0.25, 0.3) is 0 Å². The molecule has 1 atom stereocenters. The van der Waals surface area contributed by atoms with Gasteiger partial charge in [-0.3, -0.25) is 9.69 Å². The minimum absolute atomic E-state index is 0.118. The minimum Gasteiger partial charge on any atom is -0.384 e. The van der Waals surface area contributed by atoms with Gasteiger partial charge in [0.25, 0.3) is 0 Å². The molecule has 0 aromatic heterocycles. The molecule has 0 saturated carbocycles. The summed E-state index contributed by atoms with van der Waals surface area (Å²) in [5, 5.41) is 10.1. The van der Waals surface area contributed by atoms with Gasteiger partial charge in [-0.25, -0.2) is 0 Å². The Labute approximate surface area is 184 Å². The number of carbonyl (C=O) groups excluding carboxylic acids is 1. The zero-order valence-corrected chi connectivity index (χ0v) is 18.7. The van der Waals surface area contributed by atoms with Crippen molar-refractivity contribution in [2.24, 2.45) is 5.73 Å². The van der Waals surface area contributed by atoms with Crippen molar-refractivity contribution in [3.8, 4) is 6.07 Å². The number of benzene rings is 2. The van der Waals surface area contributed by atoms with Crippen molar-refractivity contribution in [1.82, 2.24) is 0 Å². The van der Waals surface area contributed by atoms with Crippen LogP contribution in [0.5, 0.6) is 0 Å². The number of ketones is 1. The highest BCUT2D eigenvalue weighted by Crippen LogP contribution is 2.47. The van der Waals surface area contributed by atoms with Crippen LogP contribution in [0.2, 0.25) is 0 Å². The second-order valence-electron chi connectivity index (χ2n) is 7.65. The van der Waals surface area contributed by atoms with Crippen LogP contribution in [0.3, 0.4) is 0 Å². The van der Waals surface area contributed by atoms with E-state index in [1.807, 2.05) is 43.0 Å². The highest BCUT2D eigenvalue weighted by Gasteiger charge is 2.40. The summed E-state index contributed by atoms with van der Waals surface area (Å²) in [6, 6.07) is 16.5. The molecule has 1 aliphatic carbocycles. The molecule has 0 saturated heterocycles. The Bertz CT molecular complexity index is 1110. The number of halogens is 1. The van der Waals surface area contributed by atoms with Crippen molar-refractivity contribution in [2.45, 2.75) is 39.0 Å². The Morgan fingerprint density at radius 2 is 1.86 bits per heavy atom. The van der Waals surface area contributed by atoms with E-state index in [2.05, 4.69) is 46.9 Å². The monoisotopic (exact) mass is 495 g/mol. The van der Waals surface area contributed by atoms with Gasteiger partial charge in [0.1, 0.15) is 5.82 Å². The average molecular weight is 495 g/mol. The minimum atomic E-state index is -0.400. The van der Waals surface area contributed by atoms with Crippen LogP contribution in [0.4, 0.5) is 5.69 Å². The number of nitriles is 1. The molecule has 0 bridgehead atoms. The number of rotatable bonds is 2. The second kappa shape index (κ2) is 7.68. The highest BCUT2D eigenvalue weighted by molar-refractivity contribution is 14.1. The lowest BCUT2D eigenvalue weighted by Crippen LogP contribution is -2.38. The first kappa shape index (κ1) is 19.7. The summed E-state index contributed by atoms with van der Waals surface area (Å²) < 4.78 is 1.12. The third-order valence-corrected chi connectivity index (χ3v) is 6.46. The van der Waals surface area contributed by atoms with Crippen molar-refractivity contribution in [3.05, 3.63) is 85.4 Å². The Kier molecular flexibility index (Phi) is 5.22. The molecule has 4 rings (SSSR count). The molecule has 0 amide bonds. The first-order valence-corrected chi connectivity index (χ1v) is 10.8. The van der Waals surface area contributed by atoms with Gasteiger partial charge >= 0.3 is 0 Å². The maximum Gasteiger partial charge on any atom is 0.161 e. The summed E-state index contributed by atoms with van der Waals surface area (Å²) in [6.45, 7) is 4.06. The SMILES string of the molecule is Cc1ccc(C)c(C2C(C#N)=C(N)N(c3ccc(I)cc3)C3=C2C(=O)CCC3)c1. The Morgan fingerprint density at radius 1 is 1.14 bits per heavy atom. The molecule has 0 radical (unpaired) electrons. The van der Waals surface area contributed by atoms with E-state index in [1.165, 1.54) is 0 Å². The van der Waals surface area contributed by atoms with Gasteiger partial charge in [-0.2, -0.15) is 5.26 Å². The lowest BCUT2D eigenvalue weighted by molar-refractivity contribution is -0.116. The van der Waals surface area contributed by atoms with Gasteiger partial charge < -0.3 is 5.73 Å². The van der Waals surface area contributed by atoms with E-state index in [1.54, 1.807) is 0 Å². The summed E-state index contributed by atoms with van der Waals surface area (Å²) in [5.41, 5.74) is 12.8. The fraction of sp³-hybridized carbons (Fsp3) is 0.250. The van der Waals surface area contributed by atoms with Crippen molar-refractivity contribution >= 4 is 34.1 Å². The molecule has 1 unspecified atom stereocenters. The third-order valence-electron chi connectivity index (χ3n) is 5.74. The van der Waals surface area contributed by atoms with E-state index >= 15 is 0 Å². The zero-order valence-electron chi connectivity index (χ0n) is 16.5. The number of Topliss-reactive ketones (excluding diaryl/α,β-unsaturated/α-hetero) is 1. The zero-order chi connectivity index (χ0) is 20.7. The molecule has 146 valence electrons. The highest BCUT2D eigenvalue weighted by atomic mass is 127. The number of anilines is 1. The number of nitrogens with two attached hydrogens (primary N) is 1. The van der Waals surface area contributed by atoms with E-state index in [4.69, 9.17) is 5.73 Å². The summed E-state index contributed by atoms with van der Waals surface area (Å²) in [4.78, 5) is 15.1. The predicted molar refractivity (Wildman–Crippen MR) is 123 cm³/mol. The first-order valence-electron chi connectivity index (χ1n) is 9.71. The summed E-state index contributed by atoms with van der Waals surface area (Å²) in [6.07, 6.45) is 2.08. The summed E-state index contributed by atoms with van der Waals surface area (Å²) in [7, 11) is 0. The summed E-state index contributed by atoms with van der Waals surface area (Å²) in [5.74, 6) is 0.142. The number of hydrogen-bond acceptors (Lipinski definition) is 4. The Balaban J connectivity index is 1.99. The van der Waals surface area contributed by atoms with E-state index in [0.29, 0.717) is 17.8 Å². The second-order valence-corrected chi connectivity index (χ2v) is 8.90. The van der Waals surface area contributed by atoms with Crippen LogP contribution in [-0.4, -0.2) is 5.78 Å². The maximum atomic E-state index is 13.1. The number of hydrogen-bond donors (Lipinski definition) is 1. The van der Waals surface area contributed by atoms with Crippen LogP contribution in [0.15, 0.2) is 65.1 Å². The van der Waals surface area contributed by atoms with Crippen LogP contribution < -0.4 is 10.6 Å². The molecule has 2 aromatic rings. The molecule has 1 heterocycles. The first-order chi connectivity index (χ1) is 13.9. The average Bonchev–Trinajstić information content (AvgIpc) is 2.70. The molecule has 1 aliphatic heterocycles.